The number of H-pyrrole nitrogens is 1. The highest BCUT2D eigenvalue weighted by molar-refractivity contribution is 8.00. The van der Waals surface area contributed by atoms with Crippen LogP contribution in [-0.4, -0.2) is 32.9 Å². The summed E-state index contributed by atoms with van der Waals surface area (Å²) in [6, 6.07) is 4.29. The van der Waals surface area contributed by atoms with Crippen LogP contribution in [0, 0.1) is 0 Å². The van der Waals surface area contributed by atoms with Crippen molar-refractivity contribution in [3.8, 4) is 0 Å². The quantitative estimate of drug-likeness (QED) is 0.856. The first-order valence-electron chi connectivity index (χ1n) is 7.61. The number of carbonyl (C=O) groups is 1. The van der Waals surface area contributed by atoms with Crippen LogP contribution in [0.25, 0.3) is 0 Å². The zero-order chi connectivity index (χ0) is 15.8. The third kappa shape index (κ3) is 2.88. The molecule has 1 fully saturated rings. The Balaban J connectivity index is 1.82. The van der Waals surface area contributed by atoms with Gasteiger partial charge in [-0.05, 0) is 35.8 Å². The number of anilines is 1. The molecule has 0 bridgehead atoms. The van der Waals surface area contributed by atoms with Crippen LogP contribution in [0.3, 0.4) is 0 Å². The van der Waals surface area contributed by atoms with Crippen molar-refractivity contribution < 1.29 is 4.79 Å². The van der Waals surface area contributed by atoms with Gasteiger partial charge < -0.3 is 5.32 Å². The highest BCUT2D eigenvalue weighted by Crippen LogP contribution is 2.42. The lowest BCUT2D eigenvalue weighted by atomic mass is 10.1. The number of fused-ring (bicyclic) bond motifs is 1. The fraction of sp³-hybridized carbons (Fsp3) is 0.467. The third-order valence-electron chi connectivity index (χ3n) is 4.22. The lowest BCUT2D eigenvalue weighted by Gasteiger charge is -2.24. The molecule has 1 unspecified atom stereocenters. The van der Waals surface area contributed by atoms with E-state index in [0.717, 1.165) is 29.2 Å². The van der Waals surface area contributed by atoms with Crippen LogP contribution in [-0.2, 0) is 4.79 Å². The molecule has 0 spiro atoms. The number of rotatable bonds is 2. The van der Waals surface area contributed by atoms with E-state index in [-0.39, 0.29) is 22.8 Å². The van der Waals surface area contributed by atoms with Crippen molar-refractivity contribution in [3.05, 3.63) is 38.3 Å². The molecule has 0 saturated carbocycles. The number of amides is 1. The highest BCUT2D eigenvalue weighted by atomic mass is 32.2. The molecule has 0 radical (unpaired) electrons. The summed E-state index contributed by atoms with van der Waals surface area (Å²) in [5.74, 6) is 3.21. The fourth-order valence-electron chi connectivity index (χ4n) is 3.13. The number of carbonyl (C=O) groups excluding carboxylic acids is 1. The van der Waals surface area contributed by atoms with Gasteiger partial charge in [0, 0.05) is 4.88 Å². The summed E-state index contributed by atoms with van der Waals surface area (Å²) in [4.78, 5) is 25.9. The van der Waals surface area contributed by atoms with Gasteiger partial charge in [-0.3, -0.25) is 19.4 Å². The zero-order valence-corrected chi connectivity index (χ0v) is 14.9. The van der Waals surface area contributed by atoms with E-state index in [1.807, 2.05) is 34.0 Å². The summed E-state index contributed by atoms with van der Waals surface area (Å²) >= 11 is 5.11. The first kappa shape index (κ1) is 15.4. The van der Waals surface area contributed by atoms with Gasteiger partial charge in [-0.25, -0.2) is 0 Å². The molecule has 1 atom stereocenters. The standard InChI is InChI=1S/C15H17N3O2S3/c19-11-8-23-13(10-2-1-5-22-10)12-14(16-11)18(17-15(12)20)9-3-6-21-7-4-9/h1-2,5,9,13H,3-4,6-8H2,(H,16,19)(H,17,20). The minimum atomic E-state index is -0.0775. The van der Waals surface area contributed by atoms with E-state index in [1.165, 1.54) is 11.8 Å². The van der Waals surface area contributed by atoms with Gasteiger partial charge in [-0.15, -0.1) is 23.1 Å². The van der Waals surface area contributed by atoms with Crippen molar-refractivity contribution in [2.24, 2.45) is 0 Å². The van der Waals surface area contributed by atoms with E-state index in [4.69, 9.17) is 0 Å². The largest absolute Gasteiger partial charge is 0.310 e. The summed E-state index contributed by atoms with van der Waals surface area (Å²) in [6.07, 6.45) is 2.04. The molecule has 8 heteroatoms. The second kappa shape index (κ2) is 6.41. The van der Waals surface area contributed by atoms with Crippen LogP contribution in [0.2, 0.25) is 0 Å². The van der Waals surface area contributed by atoms with E-state index in [9.17, 15) is 9.59 Å². The number of nitrogens with zero attached hydrogens (tertiary/aromatic N) is 1. The molecule has 4 rings (SSSR count). The predicted octanol–water partition coefficient (Wildman–Crippen LogP) is 3.08. The fourth-order valence-corrected chi connectivity index (χ4v) is 6.31. The summed E-state index contributed by atoms with van der Waals surface area (Å²) < 4.78 is 1.92. The third-order valence-corrected chi connectivity index (χ3v) is 7.61. The number of hydrogen-bond donors (Lipinski definition) is 2. The van der Waals surface area contributed by atoms with E-state index in [0.29, 0.717) is 17.1 Å². The Morgan fingerprint density at radius 3 is 2.78 bits per heavy atom. The maximum Gasteiger partial charge on any atom is 0.271 e. The Hall–Kier alpha value is -1.12. The molecule has 5 nitrogen and oxygen atoms in total. The van der Waals surface area contributed by atoms with Crippen molar-refractivity contribution in [3.63, 3.8) is 0 Å². The summed E-state index contributed by atoms with van der Waals surface area (Å²) in [5.41, 5.74) is 0.618. The van der Waals surface area contributed by atoms with Crippen LogP contribution in [0.4, 0.5) is 5.82 Å². The number of aromatic nitrogens is 2. The Bertz CT molecular complexity index is 760. The summed E-state index contributed by atoms with van der Waals surface area (Å²) in [5, 5.41) is 7.90. The first-order chi connectivity index (χ1) is 11.2. The molecule has 23 heavy (non-hydrogen) atoms. The highest BCUT2D eigenvalue weighted by Gasteiger charge is 2.32. The van der Waals surface area contributed by atoms with Gasteiger partial charge in [0.15, 0.2) is 0 Å². The van der Waals surface area contributed by atoms with Gasteiger partial charge in [0.05, 0.1) is 22.6 Å². The molecule has 1 saturated heterocycles. The number of nitrogens with one attached hydrogen (secondary N) is 2. The molecule has 2 aliphatic heterocycles. The van der Waals surface area contributed by atoms with Gasteiger partial charge >= 0.3 is 0 Å². The monoisotopic (exact) mass is 367 g/mol. The van der Waals surface area contributed by atoms with Gasteiger partial charge in [0.1, 0.15) is 5.82 Å². The van der Waals surface area contributed by atoms with E-state index < -0.39 is 0 Å². The molecule has 4 heterocycles. The summed E-state index contributed by atoms with van der Waals surface area (Å²) in [7, 11) is 0. The average Bonchev–Trinajstić information content (AvgIpc) is 3.15. The van der Waals surface area contributed by atoms with Crippen LogP contribution >= 0.6 is 34.9 Å². The normalized spacial score (nSPS) is 22.4. The number of hydrogen-bond acceptors (Lipinski definition) is 5. The van der Waals surface area contributed by atoms with Crippen molar-refractivity contribution in [2.75, 3.05) is 22.6 Å². The predicted molar refractivity (Wildman–Crippen MR) is 97.9 cm³/mol. The van der Waals surface area contributed by atoms with Gasteiger partial charge in [0.25, 0.3) is 5.56 Å². The van der Waals surface area contributed by atoms with E-state index >= 15 is 0 Å². The lowest BCUT2D eigenvalue weighted by molar-refractivity contribution is -0.113. The molecule has 2 N–H and O–H groups in total. The smallest absolute Gasteiger partial charge is 0.271 e. The Morgan fingerprint density at radius 1 is 1.22 bits per heavy atom. The molecular weight excluding hydrogens is 350 g/mol. The second-order valence-electron chi connectivity index (χ2n) is 5.67. The number of aromatic amines is 1. The Morgan fingerprint density at radius 2 is 2.04 bits per heavy atom. The Kier molecular flexibility index (Phi) is 4.29. The van der Waals surface area contributed by atoms with Crippen LogP contribution < -0.4 is 10.9 Å². The molecular formula is C15H17N3O2S3. The maximum atomic E-state index is 12.7. The second-order valence-corrected chi connectivity index (χ2v) is 8.97. The lowest BCUT2D eigenvalue weighted by Crippen LogP contribution is -2.22. The van der Waals surface area contributed by atoms with E-state index in [2.05, 4.69) is 10.4 Å². The SMILES string of the molecule is O=C1CSC(c2cccs2)c2c(n(C3CCSCC3)[nH]c2=O)N1. The maximum absolute atomic E-state index is 12.7. The van der Waals surface area contributed by atoms with Crippen LogP contribution in [0.15, 0.2) is 22.3 Å². The van der Waals surface area contributed by atoms with Crippen LogP contribution in [0.1, 0.15) is 34.6 Å². The minimum absolute atomic E-state index is 0.0340. The van der Waals surface area contributed by atoms with Gasteiger partial charge in [-0.2, -0.15) is 11.8 Å². The number of thiophene rings is 1. The first-order valence-corrected chi connectivity index (χ1v) is 10.7. The Labute approximate surface area is 146 Å². The molecule has 0 aromatic carbocycles. The zero-order valence-electron chi connectivity index (χ0n) is 12.4. The molecule has 1 amide bonds. The van der Waals surface area contributed by atoms with Crippen molar-refractivity contribution in [1.29, 1.82) is 0 Å². The molecule has 2 aliphatic rings. The van der Waals surface area contributed by atoms with Gasteiger partial charge in [0.2, 0.25) is 5.91 Å². The molecule has 122 valence electrons. The molecule has 0 aliphatic carbocycles. The van der Waals surface area contributed by atoms with Crippen molar-refractivity contribution >= 4 is 46.6 Å². The van der Waals surface area contributed by atoms with Crippen LogP contribution in [0.5, 0.6) is 0 Å². The van der Waals surface area contributed by atoms with Gasteiger partial charge in [-0.1, -0.05) is 6.07 Å². The topological polar surface area (TPSA) is 66.9 Å². The molecule has 2 aromatic rings. The van der Waals surface area contributed by atoms with Crippen molar-refractivity contribution in [2.45, 2.75) is 24.1 Å². The van der Waals surface area contributed by atoms with Crippen molar-refractivity contribution in [1.82, 2.24) is 9.78 Å². The molecule has 2 aromatic heterocycles. The summed E-state index contributed by atoms with van der Waals surface area (Å²) in [6.45, 7) is 0. The average molecular weight is 368 g/mol. The van der Waals surface area contributed by atoms with E-state index in [1.54, 1.807) is 11.3 Å². The number of thioether (sulfide) groups is 2. The minimum Gasteiger partial charge on any atom is -0.310 e.